The number of carbonyl (C=O) groups excluding carboxylic acids is 1. The SMILES string of the molecule is O=C(NCCCN1CCN(c2ccc(F)cc2)CC1)c1cc([N+](=O)[O-])ccc1Cl. The summed E-state index contributed by atoms with van der Waals surface area (Å²) in [4.78, 5) is 27.1. The molecule has 1 N–H and O–H groups in total. The van der Waals surface area contributed by atoms with Gasteiger partial charge in [-0.15, -0.1) is 0 Å². The van der Waals surface area contributed by atoms with Crippen LogP contribution in [0.15, 0.2) is 42.5 Å². The first kappa shape index (κ1) is 21.0. The van der Waals surface area contributed by atoms with E-state index in [0.29, 0.717) is 6.54 Å². The number of piperazine rings is 1. The lowest BCUT2D eigenvalue weighted by Gasteiger charge is -2.36. The molecule has 1 saturated heterocycles. The number of halogens is 2. The Kier molecular flexibility index (Phi) is 7.00. The number of rotatable bonds is 7. The molecule has 2 aromatic rings. The highest BCUT2D eigenvalue weighted by Crippen LogP contribution is 2.22. The number of nitro benzene ring substituents is 1. The highest BCUT2D eigenvalue weighted by molar-refractivity contribution is 6.33. The molecule has 9 heteroatoms. The molecule has 7 nitrogen and oxygen atoms in total. The maximum Gasteiger partial charge on any atom is 0.270 e. The summed E-state index contributed by atoms with van der Waals surface area (Å²) in [6.45, 7) is 4.79. The smallest absolute Gasteiger partial charge is 0.270 e. The van der Waals surface area contributed by atoms with E-state index in [2.05, 4.69) is 15.1 Å². The van der Waals surface area contributed by atoms with E-state index in [9.17, 15) is 19.3 Å². The second kappa shape index (κ2) is 9.67. The fourth-order valence-electron chi connectivity index (χ4n) is 3.28. The molecule has 1 amide bonds. The fraction of sp³-hybridized carbons (Fsp3) is 0.350. The van der Waals surface area contributed by atoms with Crippen molar-refractivity contribution in [3.05, 3.63) is 69.0 Å². The Bertz CT molecular complexity index is 871. The van der Waals surface area contributed by atoms with Crippen molar-refractivity contribution in [2.45, 2.75) is 6.42 Å². The maximum absolute atomic E-state index is 13.0. The standard InChI is InChI=1S/C20H22ClFN4O3/c21-19-7-6-17(26(28)29)14-18(19)20(27)23-8-1-9-24-10-12-25(13-11-24)16-4-2-15(22)3-5-16/h2-7,14H,1,8-13H2,(H,23,27). The molecule has 0 aromatic heterocycles. The maximum atomic E-state index is 13.0. The van der Waals surface area contributed by atoms with Crippen LogP contribution in [0.4, 0.5) is 15.8 Å². The molecule has 1 aliphatic rings. The number of hydrogen-bond donors (Lipinski definition) is 1. The number of benzene rings is 2. The molecule has 1 fully saturated rings. The molecule has 0 radical (unpaired) electrons. The quantitative estimate of drug-likeness (QED) is 0.422. The fourth-order valence-corrected chi connectivity index (χ4v) is 3.49. The molecule has 154 valence electrons. The second-order valence-corrected chi connectivity index (χ2v) is 7.24. The van der Waals surface area contributed by atoms with Crippen LogP contribution in [-0.2, 0) is 0 Å². The van der Waals surface area contributed by atoms with Gasteiger partial charge in [-0.25, -0.2) is 4.39 Å². The highest BCUT2D eigenvalue weighted by Gasteiger charge is 2.18. The van der Waals surface area contributed by atoms with Crippen molar-refractivity contribution >= 4 is 28.9 Å². The second-order valence-electron chi connectivity index (χ2n) is 6.84. The van der Waals surface area contributed by atoms with E-state index in [1.54, 1.807) is 12.1 Å². The Morgan fingerprint density at radius 1 is 1.14 bits per heavy atom. The molecule has 0 saturated carbocycles. The number of carbonyl (C=O) groups is 1. The van der Waals surface area contributed by atoms with Crippen molar-refractivity contribution in [2.24, 2.45) is 0 Å². The summed E-state index contributed by atoms with van der Waals surface area (Å²) in [7, 11) is 0. The molecule has 0 aliphatic carbocycles. The minimum atomic E-state index is -0.557. The van der Waals surface area contributed by atoms with Crippen LogP contribution in [0.1, 0.15) is 16.8 Å². The molecular weight excluding hydrogens is 399 g/mol. The number of hydrogen-bond acceptors (Lipinski definition) is 5. The average Bonchev–Trinajstić information content (AvgIpc) is 2.72. The third kappa shape index (κ3) is 5.65. The first-order chi connectivity index (χ1) is 13.9. The summed E-state index contributed by atoms with van der Waals surface area (Å²) in [6.07, 6.45) is 0.759. The van der Waals surface area contributed by atoms with Crippen LogP contribution in [0.3, 0.4) is 0 Å². The van der Waals surface area contributed by atoms with Crippen LogP contribution in [0.5, 0.6) is 0 Å². The van der Waals surface area contributed by atoms with Gasteiger partial charge in [0, 0.05) is 50.5 Å². The monoisotopic (exact) mass is 420 g/mol. The Hall–Kier alpha value is -2.71. The van der Waals surface area contributed by atoms with Gasteiger partial charge in [-0.05, 0) is 43.3 Å². The Morgan fingerprint density at radius 3 is 2.48 bits per heavy atom. The van der Waals surface area contributed by atoms with E-state index < -0.39 is 10.8 Å². The van der Waals surface area contributed by atoms with Gasteiger partial charge in [0.1, 0.15) is 5.82 Å². The van der Waals surface area contributed by atoms with E-state index in [0.717, 1.165) is 44.8 Å². The van der Waals surface area contributed by atoms with E-state index in [1.807, 2.05) is 0 Å². The van der Waals surface area contributed by atoms with E-state index in [1.165, 1.54) is 30.3 Å². The molecule has 3 rings (SSSR count). The summed E-state index contributed by atoms with van der Waals surface area (Å²) >= 11 is 5.99. The predicted octanol–water partition coefficient (Wildman–Crippen LogP) is 3.33. The zero-order chi connectivity index (χ0) is 20.8. The van der Waals surface area contributed by atoms with Gasteiger partial charge in [-0.1, -0.05) is 11.6 Å². The molecule has 2 aromatic carbocycles. The number of nitrogens with zero attached hydrogens (tertiary/aromatic N) is 3. The normalized spacial score (nSPS) is 14.6. The molecule has 0 atom stereocenters. The summed E-state index contributed by atoms with van der Waals surface area (Å²) in [6, 6.07) is 10.3. The van der Waals surface area contributed by atoms with Crippen molar-refractivity contribution in [3.63, 3.8) is 0 Å². The molecule has 0 unspecified atom stereocenters. The lowest BCUT2D eigenvalue weighted by atomic mass is 10.2. The van der Waals surface area contributed by atoms with E-state index in [-0.39, 0.29) is 22.1 Å². The summed E-state index contributed by atoms with van der Waals surface area (Å²) < 4.78 is 13.0. The topological polar surface area (TPSA) is 78.7 Å². The van der Waals surface area contributed by atoms with Gasteiger partial charge < -0.3 is 10.2 Å². The van der Waals surface area contributed by atoms with E-state index in [4.69, 9.17) is 11.6 Å². The number of amides is 1. The molecule has 1 aliphatic heterocycles. The Balaban J connectivity index is 1.40. The first-order valence-electron chi connectivity index (χ1n) is 9.39. The molecular formula is C20H22ClFN4O3. The number of non-ortho nitro benzene ring substituents is 1. The van der Waals surface area contributed by atoms with Crippen LogP contribution in [-0.4, -0.2) is 55.0 Å². The third-order valence-corrected chi connectivity index (χ3v) is 5.24. The highest BCUT2D eigenvalue weighted by atomic mass is 35.5. The first-order valence-corrected chi connectivity index (χ1v) is 9.77. The lowest BCUT2D eigenvalue weighted by molar-refractivity contribution is -0.384. The number of nitrogens with one attached hydrogen (secondary N) is 1. The zero-order valence-corrected chi connectivity index (χ0v) is 16.6. The molecule has 0 bridgehead atoms. The van der Waals surface area contributed by atoms with Crippen LogP contribution in [0.25, 0.3) is 0 Å². The van der Waals surface area contributed by atoms with Crippen LogP contribution >= 0.6 is 11.6 Å². The molecule has 0 spiro atoms. The van der Waals surface area contributed by atoms with Gasteiger partial charge >= 0.3 is 0 Å². The van der Waals surface area contributed by atoms with Crippen LogP contribution < -0.4 is 10.2 Å². The molecule has 1 heterocycles. The largest absolute Gasteiger partial charge is 0.369 e. The van der Waals surface area contributed by atoms with Gasteiger partial charge in [0.15, 0.2) is 0 Å². The van der Waals surface area contributed by atoms with Gasteiger partial charge in [0.2, 0.25) is 0 Å². The van der Waals surface area contributed by atoms with Crippen LogP contribution in [0.2, 0.25) is 5.02 Å². The Labute approximate surface area is 173 Å². The molecule has 29 heavy (non-hydrogen) atoms. The van der Waals surface area contributed by atoms with Crippen molar-refractivity contribution < 1.29 is 14.1 Å². The lowest BCUT2D eigenvalue weighted by Crippen LogP contribution is -2.47. The summed E-state index contributed by atoms with van der Waals surface area (Å²) in [5, 5.41) is 13.8. The zero-order valence-electron chi connectivity index (χ0n) is 15.8. The third-order valence-electron chi connectivity index (χ3n) is 4.91. The van der Waals surface area contributed by atoms with Crippen molar-refractivity contribution in [1.82, 2.24) is 10.2 Å². The predicted molar refractivity (Wildman–Crippen MR) is 110 cm³/mol. The van der Waals surface area contributed by atoms with Gasteiger partial charge in [-0.2, -0.15) is 0 Å². The van der Waals surface area contributed by atoms with E-state index >= 15 is 0 Å². The van der Waals surface area contributed by atoms with Gasteiger partial charge in [-0.3, -0.25) is 19.8 Å². The van der Waals surface area contributed by atoms with Gasteiger partial charge in [0.25, 0.3) is 11.6 Å². The Morgan fingerprint density at radius 2 is 1.83 bits per heavy atom. The minimum Gasteiger partial charge on any atom is -0.369 e. The van der Waals surface area contributed by atoms with Crippen LogP contribution in [0, 0.1) is 15.9 Å². The minimum absolute atomic E-state index is 0.105. The van der Waals surface area contributed by atoms with Crippen molar-refractivity contribution in [2.75, 3.05) is 44.2 Å². The average molecular weight is 421 g/mol. The van der Waals surface area contributed by atoms with Crippen molar-refractivity contribution in [1.29, 1.82) is 0 Å². The van der Waals surface area contributed by atoms with Gasteiger partial charge in [0.05, 0.1) is 15.5 Å². The number of nitro groups is 1. The summed E-state index contributed by atoms with van der Waals surface area (Å²) in [5.74, 6) is -0.652. The number of anilines is 1. The van der Waals surface area contributed by atoms with Crippen molar-refractivity contribution in [3.8, 4) is 0 Å². The summed E-state index contributed by atoms with van der Waals surface area (Å²) in [5.41, 5.74) is 0.958.